The van der Waals surface area contributed by atoms with Gasteiger partial charge in [-0.25, -0.2) is 8.42 Å². The van der Waals surface area contributed by atoms with Gasteiger partial charge in [-0.2, -0.15) is 4.31 Å². The SMILES string of the molecule is CCCCCN(C(C)C)S(=O)(=O)c1cc(C)cc(N)c1. The number of unbranched alkanes of at least 4 members (excludes halogenated alkanes) is 2. The van der Waals surface area contributed by atoms with Gasteiger partial charge >= 0.3 is 0 Å². The van der Waals surface area contributed by atoms with Crippen molar-refractivity contribution in [3.63, 3.8) is 0 Å². The lowest BCUT2D eigenvalue weighted by molar-refractivity contribution is 0.345. The van der Waals surface area contributed by atoms with E-state index < -0.39 is 10.0 Å². The van der Waals surface area contributed by atoms with Gasteiger partial charge < -0.3 is 5.73 Å². The maximum absolute atomic E-state index is 12.7. The van der Waals surface area contributed by atoms with E-state index in [-0.39, 0.29) is 6.04 Å². The Morgan fingerprint density at radius 1 is 1.20 bits per heavy atom. The monoisotopic (exact) mass is 298 g/mol. The topological polar surface area (TPSA) is 63.4 Å². The molecule has 114 valence electrons. The van der Waals surface area contributed by atoms with Gasteiger partial charge in [0.2, 0.25) is 10.0 Å². The molecular formula is C15H26N2O2S. The van der Waals surface area contributed by atoms with Crippen LogP contribution in [0.5, 0.6) is 0 Å². The highest BCUT2D eigenvalue weighted by molar-refractivity contribution is 7.89. The zero-order valence-corrected chi connectivity index (χ0v) is 13.7. The summed E-state index contributed by atoms with van der Waals surface area (Å²) in [5.74, 6) is 0. The van der Waals surface area contributed by atoms with Crippen molar-refractivity contribution in [2.45, 2.75) is 57.9 Å². The number of anilines is 1. The maximum atomic E-state index is 12.7. The molecule has 0 spiro atoms. The van der Waals surface area contributed by atoms with Gasteiger partial charge in [-0.3, -0.25) is 0 Å². The van der Waals surface area contributed by atoms with E-state index >= 15 is 0 Å². The second-order valence-corrected chi connectivity index (χ2v) is 7.39. The number of nitrogen functional groups attached to an aromatic ring is 1. The summed E-state index contributed by atoms with van der Waals surface area (Å²) >= 11 is 0. The quantitative estimate of drug-likeness (QED) is 0.621. The molecule has 1 aromatic rings. The Labute approximate surface area is 123 Å². The van der Waals surface area contributed by atoms with Gasteiger partial charge in [-0.05, 0) is 51.0 Å². The Bertz CT molecular complexity index is 519. The van der Waals surface area contributed by atoms with Crippen molar-refractivity contribution in [2.75, 3.05) is 12.3 Å². The molecule has 0 fully saturated rings. The molecule has 1 rings (SSSR count). The lowest BCUT2D eigenvalue weighted by atomic mass is 10.2. The summed E-state index contributed by atoms with van der Waals surface area (Å²) in [7, 11) is -3.47. The van der Waals surface area contributed by atoms with Crippen molar-refractivity contribution >= 4 is 15.7 Å². The van der Waals surface area contributed by atoms with Crippen LogP contribution in [0.3, 0.4) is 0 Å². The van der Waals surface area contributed by atoms with Crippen molar-refractivity contribution in [1.82, 2.24) is 4.31 Å². The number of rotatable bonds is 7. The van der Waals surface area contributed by atoms with E-state index in [4.69, 9.17) is 5.73 Å². The summed E-state index contributed by atoms with van der Waals surface area (Å²) in [6.07, 6.45) is 2.99. The highest BCUT2D eigenvalue weighted by Gasteiger charge is 2.26. The van der Waals surface area contributed by atoms with Gasteiger partial charge in [0.1, 0.15) is 0 Å². The fourth-order valence-electron chi connectivity index (χ4n) is 2.23. The molecular weight excluding hydrogens is 272 g/mol. The van der Waals surface area contributed by atoms with Gasteiger partial charge in [0, 0.05) is 18.3 Å². The summed E-state index contributed by atoms with van der Waals surface area (Å²) in [6, 6.07) is 4.94. The van der Waals surface area contributed by atoms with Crippen molar-refractivity contribution in [2.24, 2.45) is 0 Å². The molecule has 0 aliphatic carbocycles. The van der Waals surface area contributed by atoms with Gasteiger partial charge in [-0.1, -0.05) is 19.8 Å². The van der Waals surface area contributed by atoms with Crippen LogP contribution in [0.15, 0.2) is 23.1 Å². The number of nitrogens with zero attached hydrogens (tertiary/aromatic N) is 1. The van der Waals surface area contributed by atoms with E-state index in [2.05, 4.69) is 6.92 Å². The lowest BCUT2D eigenvalue weighted by Crippen LogP contribution is -2.37. The first kappa shape index (κ1) is 17.0. The highest BCUT2D eigenvalue weighted by Crippen LogP contribution is 2.22. The number of hydrogen-bond acceptors (Lipinski definition) is 3. The van der Waals surface area contributed by atoms with Gasteiger partial charge in [-0.15, -0.1) is 0 Å². The Balaban J connectivity index is 3.09. The number of sulfonamides is 1. The minimum Gasteiger partial charge on any atom is -0.399 e. The Morgan fingerprint density at radius 2 is 1.85 bits per heavy atom. The third kappa shape index (κ3) is 4.21. The second kappa shape index (κ2) is 7.09. The smallest absolute Gasteiger partial charge is 0.243 e. The minimum atomic E-state index is -3.47. The average molecular weight is 298 g/mol. The van der Waals surface area contributed by atoms with Gasteiger partial charge in [0.15, 0.2) is 0 Å². The van der Waals surface area contributed by atoms with Crippen molar-refractivity contribution < 1.29 is 8.42 Å². The van der Waals surface area contributed by atoms with E-state index in [0.29, 0.717) is 17.1 Å². The van der Waals surface area contributed by atoms with Crippen LogP contribution < -0.4 is 5.73 Å². The van der Waals surface area contributed by atoms with Crippen LogP contribution in [0.2, 0.25) is 0 Å². The molecule has 5 heteroatoms. The van der Waals surface area contributed by atoms with Crippen molar-refractivity contribution in [1.29, 1.82) is 0 Å². The van der Waals surface area contributed by atoms with Crippen LogP contribution in [0.4, 0.5) is 5.69 Å². The summed E-state index contributed by atoms with van der Waals surface area (Å²) < 4.78 is 27.1. The van der Waals surface area contributed by atoms with E-state index in [0.717, 1.165) is 24.8 Å². The van der Waals surface area contributed by atoms with Gasteiger partial charge in [0.25, 0.3) is 0 Å². The summed E-state index contributed by atoms with van der Waals surface area (Å²) in [6.45, 7) is 8.33. The first-order valence-corrected chi connectivity index (χ1v) is 8.62. The van der Waals surface area contributed by atoms with Gasteiger partial charge in [0.05, 0.1) is 4.90 Å². The molecule has 0 aliphatic rings. The third-order valence-electron chi connectivity index (χ3n) is 3.24. The first-order chi connectivity index (χ1) is 9.28. The number of hydrogen-bond donors (Lipinski definition) is 1. The summed E-state index contributed by atoms with van der Waals surface area (Å²) in [4.78, 5) is 0.292. The highest BCUT2D eigenvalue weighted by atomic mass is 32.2. The Kier molecular flexibility index (Phi) is 6.02. The second-order valence-electron chi connectivity index (χ2n) is 5.50. The molecule has 0 radical (unpaired) electrons. The molecule has 0 aromatic heterocycles. The van der Waals surface area contributed by atoms with Crippen LogP contribution in [-0.2, 0) is 10.0 Å². The summed E-state index contributed by atoms with van der Waals surface area (Å²) in [5, 5.41) is 0. The Morgan fingerprint density at radius 3 is 2.35 bits per heavy atom. The number of benzene rings is 1. The third-order valence-corrected chi connectivity index (χ3v) is 5.29. The van der Waals surface area contributed by atoms with Crippen LogP contribution in [-0.4, -0.2) is 25.3 Å². The average Bonchev–Trinajstić information content (AvgIpc) is 2.32. The van der Waals surface area contributed by atoms with Crippen LogP contribution >= 0.6 is 0 Å². The zero-order chi connectivity index (χ0) is 15.3. The van der Waals surface area contributed by atoms with E-state index in [1.54, 1.807) is 16.4 Å². The molecule has 0 amide bonds. The predicted octanol–water partition coefficient (Wildman–Crippen LogP) is 3.17. The number of nitrogens with two attached hydrogens (primary N) is 1. The van der Waals surface area contributed by atoms with E-state index in [9.17, 15) is 8.42 Å². The van der Waals surface area contributed by atoms with E-state index in [1.807, 2.05) is 20.8 Å². The largest absolute Gasteiger partial charge is 0.399 e. The zero-order valence-electron chi connectivity index (χ0n) is 12.9. The first-order valence-electron chi connectivity index (χ1n) is 7.18. The molecule has 0 bridgehead atoms. The number of aryl methyl sites for hydroxylation is 1. The molecule has 0 saturated carbocycles. The lowest BCUT2D eigenvalue weighted by Gasteiger charge is -2.26. The molecule has 0 aliphatic heterocycles. The molecule has 0 unspecified atom stereocenters. The molecule has 0 saturated heterocycles. The molecule has 1 aromatic carbocycles. The standard InChI is InChI=1S/C15H26N2O2S/c1-5-6-7-8-17(12(2)3)20(18,19)15-10-13(4)9-14(16)11-15/h9-12H,5-8,16H2,1-4H3. The van der Waals surface area contributed by atoms with Crippen LogP contribution in [0.25, 0.3) is 0 Å². The van der Waals surface area contributed by atoms with Crippen LogP contribution in [0.1, 0.15) is 45.6 Å². The van der Waals surface area contributed by atoms with Crippen molar-refractivity contribution in [3.8, 4) is 0 Å². The van der Waals surface area contributed by atoms with Crippen LogP contribution in [0, 0.1) is 6.92 Å². The predicted molar refractivity (Wildman–Crippen MR) is 84.1 cm³/mol. The molecule has 20 heavy (non-hydrogen) atoms. The maximum Gasteiger partial charge on any atom is 0.243 e. The molecule has 0 atom stereocenters. The van der Waals surface area contributed by atoms with E-state index in [1.165, 1.54) is 6.07 Å². The molecule has 0 heterocycles. The fourth-order valence-corrected chi connectivity index (χ4v) is 4.05. The minimum absolute atomic E-state index is 0.0569. The molecule has 4 nitrogen and oxygen atoms in total. The Hall–Kier alpha value is -1.07. The fraction of sp³-hybridized carbons (Fsp3) is 0.600. The normalized spacial score (nSPS) is 12.3. The molecule has 2 N–H and O–H groups in total. The van der Waals surface area contributed by atoms with Crippen molar-refractivity contribution in [3.05, 3.63) is 23.8 Å². The summed E-state index contributed by atoms with van der Waals surface area (Å²) in [5.41, 5.74) is 7.12.